The van der Waals surface area contributed by atoms with Crippen molar-refractivity contribution in [3.63, 3.8) is 0 Å². The second-order valence-corrected chi connectivity index (χ2v) is 3.68. The van der Waals surface area contributed by atoms with Crippen LogP contribution in [0.5, 0.6) is 5.75 Å². The molecule has 0 unspecified atom stereocenters. The number of ketones is 1. The summed E-state index contributed by atoms with van der Waals surface area (Å²) in [6.07, 6.45) is 2.85. The molecule has 0 amide bonds. The lowest BCUT2D eigenvalue weighted by Crippen LogP contribution is -2.04. The van der Waals surface area contributed by atoms with Crippen molar-refractivity contribution in [3.8, 4) is 5.75 Å². The molecule has 86 valence electrons. The highest BCUT2D eigenvalue weighted by Gasteiger charge is 2.12. The maximum Gasteiger partial charge on any atom is 0.211 e. The van der Waals surface area contributed by atoms with E-state index < -0.39 is 0 Å². The van der Waals surface area contributed by atoms with E-state index in [-0.39, 0.29) is 5.78 Å². The van der Waals surface area contributed by atoms with Crippen molar-refractivity contribution >= 4 is 17.4 Å². The Kier molecular flexibility index (Phi) is 3.35. The van der Waals surface area contributed by atoms with Gasteiger partial charge in [-0.3, -0.25) is 4.79 Å². The van der Waals surface area contributed by atoms with E-state index in [0.29, 0.717) is 22.0 Å². The molecule has 5 heteroatoms. The summed E-state index contributed by atoms with van der Waals surface area (Å²) in [6, 6.07) is 6.40. The quantitative estimate of drug-likeness (QED) is 0.783. The number of aromatic nitrogens is 2. The number of benzene rings is 1. The summed E-state index contributed by atoms with van der Waals surface area (Å²) in [6.45, 7) is 0. The van der Waals surface area contributed by atoms with E-state index in [0.717, 1.165) is 0 Å². The third-order valence-corrected chi connectivity index (χ3v) is 2.54. The zero-order chi connectivity index (χ0) is 12.3. The Bertz CT molecular complexity index is 543. The average Bonchev–Trinajstić information content (AvgIpc) is 2.39. The van der Waals surface area contributed by atoms with Crippen molar-refractivity contribution in [1.82, 2.24) is 9.97 Å². The molecule has 0 fully saturated rings. The third-order valence-electron chi connectivity index (χ3n) is 2.23. The van der Waals surface area contributed by atoms with Gasteiger partial charge in [-0.2, -0.15) is 0 Å². The highest BCUT2D eigenvalue weighted by atomic mass is 35.5. The molecule has 0 N–H and O–H groups in total. The maximum absolute atomic E-state index is 12.0. The highest BCUT2D eigenvalue weighted by Crippen LogP contribution is 2.25. The monoisotopic (exact) mass is 248 g/mol. The summed E-state index contributed by atoms with van der Waals surface area (Å²) in [5, 5.41) is 0.465. The maximum atomic E-state index is 12.0. The lowest BCUT2D eigenvalue weighted by atomic mass is 10.1. The van der Waals surface area contributed by atoms with Gasteiger partial charge in [0.2, 0.25) is 5.78 Å². The van der Waals surface area contributed by atoms with E-state index >= 15 is 0 Å². The molecule has 2 rings (SSSR count). The zero-order valence-electron chi connectivity index (χ0n) is 9.05. The topological polar surface area (TPSA) is 52.1 Å². The van der Waals surface area contributed by atoms with E-state index in [1.54, 1.807) is 24.3 Å². The van der Waals surface area contributed by atoms with Crippen molar-refractivity contribution in [2.45, 2.75) is 0 Å². The second-order valence-electron chi connectivity index (χ2n) is 3.27. The van der Waals surface area contributed by atoms with Gasteiger partial charge < -0.3 is 4.74 Å². The van der Waals surface area contributed by atoms with Crippen LogP contribution in [0.25, 0.3) is 0 Å². The van der Waals surface area contributed by atoms with E-state index in [1.807, 2.05) is 0 Å². The van der Waals surface area contributed by atoms with Crippen molar-refractivity contribution in [2.24, 2.45) is 0 Å². The fraction of sp³-hybridized carbons (Fsp3) is 0.0833. The van der Waals surface area contributed by atoms with Gasteiger partial charge in [0.05, 0.1) is 12.1 Å². The Morgan fingerprint density at radius 1 is 1.35 bits per heavy atom. The van der Waals surface area contributed by atoms with E-state index in [2.05, 4.69) is 9.97 Å². The highest BCUT2D eigenvalue weighted by molar-refractivity contribution is 6.32. The number of halogens is 1. The number of nitrogens with zero attached hydrogens (tertiary/aromatic N) is 2. The van der Waals surface area contributed by atoms with Crippen molar-refractivity contribution < 1.29 is 9.53 Å². The fourth-order valence-electron chi connectivity index (χ4n) is 1.37. The number of ether oxygens (including phenoxy) is 1. The standard InChI is InChI=1S/C12H9ClN2O2/c1-17-11-6-8(2-3-9(11)13)12(16)10-4-5-14-7-15-10/h2-7H,1H3. The largest absolute Gasteiger partial charge is 0.495 e. The van der Waals surface area contributed by atoms with Gasteiger partial charge >= 0.3 is 0 Å². The van der Waals surface area contributed by atoms with Crippen molar-refractivity contribution in [2.75, 3.05) is 7.11 Å². The first-order chi connectivity index (χ1) is 8.22. The molecule has 0 radical (unpaired) electrons. The molecule has 0 spiro atoms. The fourth-order valence-corrected chi connectivity index (χ4v) is 1.57. The van der Waals surface area contributed by atoms with Crippen LogP contribution in [0.4, 0.5) is 0 Å². The van der Waals surface area contributed by atoms with Gasteiger partial charge in [0, 0.05) is 11.8 Å². The molecule has 1 heterocycles. The summed E-state index contributed by atoms with van der Waals surface area (Å²) in [5.41, 5.74) is 0.814. The molecule has 17 heavy (non-hydrogen) atoms. The molecule has 2 aromatic rings. The molecule has 0 aliphatic carbocycles. The predicted octanol–water partition coefficient (Wildman–Crippen LogP) is 2.37. The van der Waals surface area contributed by atoms with Gasteiger partial charge in [-0.25, -0.2) is 9.97 Å². The number of carbonyl (C=O) groups is 1. The Balaban J connectivity index is 2.38. The molecule has 0 bridgehead atoms. The summed E-state index contributed by atoms with van der Waals surface area (Å²) >= 11 is 5.89. The SMILES string of the molecule is COc1cc(C(=O)c2ccncn2)ccc1Cl. The summed E-state index contributed by atoms with van der Waals surface area (Å²) < 4.78 is 5.05. The van der Waals surface area contributed by atoms with Gasteiger partial charge in [-0.15, -0.1) is 0 Å². The Hall–Kier alpha value is -1.94. The normalized spacial score (nSPS) is 10.0. The molecular formula is C12H9ClN2O2. The van der Waals surface area contributed by atoms with E-state index in [4.69, 9.17) is 16.3 Å². The zero-order valence-corrected chi connectivity index (χ0v) is 9.81. The lowest BCUT2D eigenvalue weighted by molar-refractivity contribution is 0.103. The van der Waals surface area contributed by atoms with Crippen LogP contribution in [0.1, 0.15) is 16.1 Å². The smallest absolute Gasteiger partial charge is 0.211 e. The number of carbonyl (C=O) groups excluding carboxylic acids is 1. The first kappa shape index (κ1) is 11.5. The van der Waals surface area contributed by atoms with Crippen LogP contribution in [0.3, 0.4) is 0 Å². The van der Waals surface area contributed by atoms with Crippen LogP contribution < -0.4 is 4.74 Å². The number of hydrogen-bond donors (Lipinski definition) is 0. The molecule has 1 aromatic carbocycles. The minimum Gasteiger partial charge on any atom is -0.495 e. The molecule has 0 aliphatic heterocycles. The molecule has 4 nitrogen and oxygen atoms in total. The first-order valence-electron chi connectivity index (χ1n) is 4.86. The van der Waals surface area contributed by atoms with Gasteiger partial charge in [0.25, 0.3) is 0 Å². The van der Waals surface area contributed by atoms with Crippen LogP contribution in [-0.2, 0) is 0 Å². The average molecular weight is 249 g/mol. The minimum atomic E-state index is -0.192. The summed E-state index contributed by atoms with van der Waals surface area (Å²) in [4.78, 5) is 19.7. The van der Waals surface area contributed by atoms with Gasteiger partial charge in [0.1, 0.15) is 17.8 Å². The van der Waals surface area contributed by atoms with Gasteiger partial charge in [-0.05, 0) is 24.3 Å². The molecular weight excluding hydrogens is 240 g/mol. The Labute approximate surface area is 103 Å². The number of rotatable bonds is 3. The summed E-state index contributed by atoms with van der Waals surface area (Å²) in [7, 11) is 1.50. The van der Waals surface area contributed by atoms with Crippen molar-refractivity contribution in [3.05, 3.63) is 53.1 Å². The third kappa shape index (κ3) is 2.42. The molecule has 0 aliphatic rings. The lowest BCUT2D eigenvalue weighted by Gasteiger charge is -2.05. The minimum absolute atomic E-state index is 0.192. The van der Waals surface area contributed by atoms with Crippen molar-refractivity contribution in [1.29, 1.82) is 0 Å². The predicted molar refractivity (Wildman–Crippen MR) is 63.5 cm³/mol. The van der Waals surface area contributed by atoms with Crippen LogP contribution in [0.2, 0.25) is 5.02 Å². The first-order valence-corrected chi connectivity index (χ1v) is 5.24. The number of hydrogen-bond acceptors (Lipinski definition) is 4. The van der Waals surface area contributed by atoms with E-state index in [9.17, 15) is 4.79 Å². The number of methoxy groups -OCH3 is 1. The molecule has 1 aromatic heterocycles. The second kappa shape index (κ2) is 4.93. The summed E-state index contributed by atoms with van der Waals surface area (Å²) in [5.74, 6) is 0.272. The van der Waals surface area contributed by atoms with E-state index in [1.165, 1.54) is 19.6 Å². The molecule has 0 atom stereocenters. The van der Waals surface area contributed by atoms with Crippen LogP contribution in [0, 0.1) is 0 Å². The Morgan fingerprint density at radius 2 is 2.18 bits per heavy atom. The molecule has 0 saturated carbocycles. The Morgan fingerprint density at radius 3 is 2.82 bits per heavy atom. The van der Waals surface area contributed by atoms with Crippen LogP contribution in [-0.4, -0.2) is 22.9 Å². The van der Waals surface area contributed by atoms with Crippen LogP contribution in [0.15, 0.2) is 36.8 Å². The van der Waals surface area contributed by atoms with Gasteiger partial charge in [-0.1, -0.05) is 11.6 Å². The molecule has 0 saturated heterocycles. The van der Waals surface area contributed by atoms with Crippen LogP contribution >= 0.6 is 11.6 Å². The van der Waals surface area contributed by atoms with Gasteiger partial charge in [0.15, 0.2) is 0 Å².